The Morgan fingerprint density at radius 2 is 1.07 bits per heavy atom. The standard InChI is InChI=1S/C55H33N3O3/c1-2-13-32(14-3-1)53-56-54(58-55(57-53)43-22-10-21-40-38-17-6-8-23-45(38)61-52(40)43)41-29-28-37(35-15-4-5-16-36(35)41)39-20-12-26-49-51(39)44-31-33(27-30-47(44)60-49)34-19-11-25-48-50(34)42-18-7-9-24-46(42)59-48/h1-31,49,51H. The van der Waals surface area contributed by atoms with E-state index < -0.39 is 0 Å². The van der Waals surface area contributed by atoms with Gasteiger partial charge in [0.15, 0.2) is 17.5 Å². The molecule has 2 atom stereocenters. The summed E-state index contributed by atoms with van der Waals surface area (Å²) in [5, 5.41) is 6.49. The highest BCUT2D eigenvalue weighted by atomic mass is 16.5. The fourth-order valence-corrected chi connectivity index (χ4v) is 9.60. The fraction of sp³-hybridized carbons (Fsp3) is 0.0364. The van der Waals surface area contributed by atoms with Crippen molar-refractivity contribution in [2.45, 2.75) is 12.0 Å². The van der Waals surface area contributed by atoms with E-state index in [0.29, 0.717) is 17.5 Å². The van der Waals surface area contributed by atoms with E-state index >= 15 is 0 Å². The van der Waals surface area contributed by atoms with Gasteiger partial charge in [0.25, 0.3) is 0 Å². The number of ether oxygens (including phenoxy) is 1. The van der Waals surface area contributed by atoms with Crippen LogP contribution in [0.15, 0.2) is 197 Å². The lowest BCUT2D eigenvalue weighted by Crippen LogP contribution is -2.19. The number of fused-ring (bicyclic) bond motifs is 10. The van der Waals surface area contributed by atoms with Gasteiger partial charge in [0.05, 0.1) is 11.5 Å². The summed E-state index contributed by atoms with van der Waals surface area (Å²) in [4.78, 5) is 15.5. The van der Waals surface area contributed by atoms with Crippen LogP contribution < -0.4 is 4.74 Å². The Labute approximate surface area is 349 Å². The van der Waals surface area contributed by atoms with Crippen LogP contribution in [-0.4, -0.2) is 21.1 Å². The Balaban J connectivity index is 0.956. The molecule has 0 radical (unpaired) electrons. The smallest absolute Gasteiger partial charge is 0.167 e. The Bertz CT molecular complexity index is 3650. The first-order valence-electron chi connectivity index (χ1n) is 20.6. The summed E-state index contributed by atoms with van der Waals surface area (Å²) in [6.45, 7) is 0. The van der Waals surface area contributed by atoms with Crippen molar-refractivity contribution in [3.8, 4) is 51.0 Å². The van der Waals surface area contributed by atoms with E-state index in [9.17, 15) is 0 Å². The molecule has 0 bridgehead atoms. The summed E-state index contributed by atoms with van der Waals surface area (Å²) in [5.74, 6) is 2.65. The summed E-state index contributed by atoms with van der Waals surface area (Å²) in [7, 11) is 0. The van der Waals surface area contributed by atoms with Crippen LogP contribution in [0.4, 0.5) is 0 Å². The molecule has 3 aromatic heterocycles. The molecule has 11 aromatic rings. The van der Waals surface area contributed by atoms with Gasteiger partial charge in [-0.25, -0.2) is 15.0 Å². The molecule has 61 heavy (non-hydrogen) atoms. The first-order chi connectivity index (χ1) is 30.2. The van der Waals surface area contributed by atoms with Gasteiger partial charge < -0.3 is 13.6 Å². The fourth-order valence-electron chi connectivity index (χ4n) is 9.60. The first-order valence-corrected chi connectivity index (χ1v) is 20.6. The number of aromatic nitrogens is 3. The maximum Gasteiger partial charge on any atom is 0.167 e. The minimum absolute atomic E-state index is 0.00716. The van der Waals surface area contributed by atoms with E-state index in [-0.39, 0.29) is 12.0 Å². The van der Waals surface area contributed by atoms with Gasteiger partial charge in [-0.05, 0) is 81.6 Å². The molecule has 0 spiro atoms. The van der Waals surface area contributed by atoms with Gasteiger partial charge in [-0.3, -0.25) is 0 Å². The molecule has 6 nitrogen and oxygen atoms in total. The van der Waals surface area contributed by atoms with Crippen molar-refractivity contribution < 1.29 is 13.6 Å². The van der Waals surface area contributed by atoms with Gasteiger partial charge in [-0.2, -0.15) is 0 Å². The highest BCUT2D eigenvalue weighted by Crippen LogP contribution is 2.51. The quantitative estimate of drug-likeness (QED) is 0.173. The van der Waals surface area contributed by atoms with Crippen LogP contribution in [0.1, 0.15) is 17.0 Å². The summed E-state index contributed by atoms with van der Waals surface area (Å²) in [5.41, 5.74) is 11.8. The number of rotatable bonds is 5. The maximum atomic E-state index is 6.68. The lowest BCUT2D eigenvalue weighted by atomic mass is 9.79. The highest BCUT2D eigenvalue weighted by Gasteiger charge is 2.38. The second-order valence-corrected chi connectivity index (χ2v) is 15.8. The predicted molar refractivity (Wildman–Crippen MR) is 244 cm³/mol. The van der Waals surface area contributed by atoms with Gasteiger partial charge in [0.1, 0.15) is 34.2 Å². The number of hydrogen-bond donors (Lipinski definition) is 0. The lowest BCUT2D eigenvalue weighted by Gasteiger charge is -2.24. The zero-order chi connectivity index (χ0) is 40.0. The normalized spacial score (nSPS) is 15.7. The molecule has 0 N–H and O–H groups in total. The van der Waals surface area contributed by atoms with Crippen molar-refractivity contribution in [2.24, 2.45) is 0 Å². The molecule has 8 aromatic carbocycles. The number of nitrogens with zero attached hydrogens (tertiary/aromatic N) is 3. The van der Waals surface area contributed by atoms with Crippen LogP contribution in [0, 0.1) is 0 Å². The van der Waals surface area contributed by atoms with E-state index in [4.69, 9.17) is 28.5 Å². The van der Waals surface area contributed by atoms with Gasteiger partial charge in [-0.1, -0.05) is 140 Å². The molecule has 6 heteroatoms. The van der Waals surface area contributed by atoms with Crippen molar-refractivity contribution in [3.05, 3.63) is 199 Å². The zero-order valence-corrected chi connectivity index (χ0v) is 32.6. The zero-order valence-electron chi connectivity index (χ0n) is 32.6. The summed E-state index contributed by atoms with van der Waals surface area (Å²) in [6.07, 6.45) is 6.43. The van der Waals surface area contributed by atoms with Crippen LogP contribution in [0.3, 0.4) is 0 Å². The molecule has 0 fully saturated rings. The average molecular weight is 784 g/mol. The van der Waals surface area contributed by atoms with Gasteiger partial charge in [-0.15, -0.1) is 0 Å². The number of furan rings is 2. The molecular formula is C55H33N3O3. The van der Waals surface area contributed by atoms with E-state index in [1.165, 1.54) is 11.1 Å². The molecule has 1 aliphatic carbocycles. The third-order valence-corrected chi connectivity index (χ3v) is 12.4. The third-order valence-electron chi connectivity index (χ3n) is 12.4. The predicted octanol–water partition coefficient (Wildman–Crippen LogP) is 14.0. The van der Waals surface area contributed by atoms with Crippen molar-refractivity contribution >= 4 is 60.2 Å². The number of para-hydroxylation sites is 3. The van der Waals surface area contributed by atoms with Crippen molar-refractivity contribution in [3.63, 3.8) is 0 Å². The van der Waals surface area contributed by atoms with Crippen molar-refractivity contribution in [1.82, 2.24) is 15.0 Å². The molecule has 13 rings (SSSR count). The molecule has 1 aliphatic heterocycles. The van der Waals surface area contributed by atoms with Crippen molar-refractivity contribution in [2.75, 3.05) is 0 Å². The Morgan fingerprint density at radius 3 is 1.92 bits per heavy atom. The molecule has 0 saturated heterocycles. The first kappa shape index (κ1) is 33.8. The van der Waals surface area contributed by atoms with E-state index in [2.05, 4.69) is 109 Å². The Hall–Kier alpha value is -8.09. The number of hydrogen-bond acceptors (Lipinski definition) is 6. The van der Waals surface area contributed by atoms with Gasteiger partial charge in [0.2, 0.25) is 0 Å². The van der Waals surface area contributed by atoms with Crippen LogP contribution >= 0.6 is 0 Å². The van der Waals surface area contributed by atoms with E-state index in [1.54, 1.807) is 0 Å². The molecule has 4 heterocycles. The molecule has 2 unspecified atom stereocenters. The number of benzene rings is 8. The topological polar surface area (TPSA) is 74.2 Å². The van der Waals surface area contributed by atoms with E-state index in [1.807, 2.05) is 78.9 Å². The highest BCUT2D eigenvalue weighted by molar-refractivity contribution is 6.13. The largest absolute Gasteiger partial charge is 0.485 e. The van der Waals surface area contributed by atoms with Crippen LogP contribution in [-0.2, 0) is 0 Å². The van der Waals surface area contributed by atoms with E-state index in [0.717, 1.165) is 93.8 Å². The minimum atomic E-state index is -0.130. The second-order valence-electron chi connectivity index (χ2n) is 15.8. The molecule has 0 amide bonds. The van der Waals surface area contributed by atoms with Gasteiger partial charge in [0, 0.05) is 38.2 Å². The molecule has 286 valence electrons. The molecule has 2 aliphatic rings. The second kappa shape index (κ2) is 13.2. The minimum Gasteiger partial charge on any atom is -0.485 e. The number of allylic oxidation sites excluding steroid dienone is 2. The summed E-state index contributed by atoms with van der Waals surface area (Å²) in [6, 6.07) is 58.5. The molecule has 0 saturated carbocycles. The monoisotopic (exact) mass is 783 g/mol. The Kier molecular flexibility index (Phi) is 7.33. The lowest BCUT2D eigenvalue weighted by molar-refractivity contribution is 0.271. The summed E-state index contributed by atoms with van der Waals surface area (Å²) < 4.78 is 19.4. The SMILES string of the molecule is C1=CC2Oc3ccc(-c4cccc5oc6ccccc6c45)cc3C2C(c2ccc(-c3nc(-c4ccccc4)nc(-c4cccc5c4oc4ccccc45)n3)c3ccccc23)=C1. The third kappa shape index (κ3) is 5.25. The Morgan fingerprint density at radius 1 is 0.426 bits per heavy atom. The average Bonchev–Trinajstić information content (AvgIpc) is 4.02. The van der Waals surface area contributed by atoms with Crippen LogP contribution in [0.25, 0.3) is 106 Å². The van der Waals surface area contributed by atoms with Crippen molar-refractivity contribution in [1.29, 1.82) is 0 Å². The maximum absolute atomic E-state index is 6.68. The van der Waals surface area contributed by atoms with Crippen LogP contribution in [0.2, 0.25) is 0 Å². The summed E-state index contributed by atoms with van der Waals surface area (Å²) >= 11 is 0. The molecular weight excluding hydrogens is 751 g/mol. The van der Waals surface area contributed by atoms with Crippen LogP contribution in [0.5, 0.6) is 5.75 Å². The van der Waals surface area contributed by atoms with Gasteiger partial charge >= 0.3 is 0 Å².